The lowest BCUT2D eigenvalue weighted by molar-refractivity contribution is 0.411. The highest BCUT2D eigenvalue weighted by Gasteiger charge is 2.32. The Labute approximate surface area is 104 Å². The van der Waals surface area contributed by atoms with Crippen molar-refractivity contribution in [1.82, 2.24) is 10.1 Å². The molecule has 1 aromatic heterocycles. The molecule has 0 spiro atoms. The molecular weight excluding hydrogens is 228 g/mol. The molecule has 0 saturated heterocycles. The van der Waals surface area contributed by atoms with E-state index in [2.05, 4.69) is 16.2 Å². The van der Waals surface area contributed by atoms with Crippen LogP contribution < -0.4 is 5.73 Å². The van der Waals surface area contributed by atoms with Gasteiger partial charge in [-0.1, -0.05) is 11.2 Å². The summed E-state index contributed by atoms with van der Waals surface area (Å²) in [4.78, 5) is 4.30. The summed E-state index contributed by atoms with van der Waals surface area (Å²) >= 11 is 0. The Kier molecular flexibility index (Phi) is 2.58. The number of nitrogens with two attached hydrogens (primary N) is 1. The maximum absolute atomic E-state index is 8.85. The molecule has 0 amide bonds. The molecule has 1 unspecified atom stereocenters. The largest absolute Gasteiger partial charge is 0.334 e. The fourth-order valence-electron chi connectivity index (χ4n) is 1.88. The summed E-state index contributed by atoms with van der Waals surface area (Å²) in [6.07, 6.45) is 2.27. The van der Waals surface area contributed by atoms with Gasteiger partial charge in [0.15, 0.2) is 5.82 Å². The second-order valence-electron chi connectivity index (χ2n) is 4.51. The molecule has 1 saturated carbocycles. The Balaban J connectivity index is 1.90. The maximum Gasteiger partial charge on any atom is 0.258 e. The van der Waals surface area contributed by atoms with Gasteiger partial charge in [-0.05, 0) is 37.0 Å². The van der Waals surface area contributed by atoms with Crippen molar-refractivity contribution in [2.75, 3.05) is 0 Å². The first-order chi connectivity index (χ1) is 8.78. The van der Waals surface area contributed by atoms with E-state index in [1.165, 1.54) is 0 Å². The number of hydrogen-bond donors (Lipinski definition) is 1. The second kappa shape index (κ2) is 4.24. The van der Waals surface area contributed by atoms with E-state index in [0.717, 1.165) is 18.4 Å². The molecule has 1 heterocycles. The topological polar surface area (TPSA) is 88.7 Å². The molecule has 3 rings (SSSR count). The van der Waals surface area contributed by atoms with Gasteiger partial charge in [0, 0.05) is 5.56 Å². The maximum atomic E-state index is 8.85. The van der Waals surface area contributed by atoms with Crippen LogP contribution in [-0.4, -0.2) is 10.1 Å². The average Bonchev–Trinajstić information content (AvgIpc) is 3.15. The van der Waals surface area contributed by atoms with Crippen LogP contribution >= 0.6 is 0 Å². The Hall–Kier alpha value is -2.19. The van der Waals surface area contributed by atoms with Crippen molar-refractivity contribution in [3.8, 4) is 17.5 Å². The first-order valence-corrected chi connectivity index (χ1v) is 5.87. The van der Waals surface area contributed by atoms with Gasteiger partial charge in [0.05, 0.1) is 17.7 Å². The summed E-state index contributed by atoms with van der Waals surface area (Å²) < 4.78 is 5.20. The zero-order valence-corrected chi connectivity index (χ0v) is 9.71. The SMILES string of the molecule is N#Cc1cccc(-c2nc(C(N)C3CC3)no2)c1. The smallest absolute Gasteiger partial charge is 0.258 e. The predicted molar refractivity (Wildman–Crippen MR) is 64.1 cm³/mol. The van der Waals surface area contributed by atoms with E-state index < -0.39 is 0 Å². The zero-order valence-electron chi connectivity index (χ0n) is 9.71. The van der Waals surface area contributed by atoms with Crippen molar-refractivity contribution in [2.45, 2.75) is 18.9 Å². The molecule has 18 heavy (non-hydrogen) atoms. The third-order valence-corrected chi connectivity index (χ3v) is 3.11. The Bertz CT molecular complexity index is 609. The average molecular weight is 240 g/mol. The highest BCUT2D eigenvalue weighted by atomic mass is 16.5. The molecule has 5 heteroatoms. The summed E-state index contributed by atoms with van der Waals surface area (Å²) in [6.45, 7) is 0. The minimum atomic E-state index is -0.137. The van der Waals surface area contributed by atoms with Crippen molar-refractivity contribution in [3.05, 3.63) is 35.7 Å². The summed E-state index contributed by atoms with van der Waals surface area (Å²) in [5, 5.41) is 12.8. The third-order valence-electron chi connectivity index (χ3n) is 3.11. The van der Waals surface area contributed by atoms with E-state index in [1.807, 2.05) is 6.07 Å². The Morgan fingerprint density at radius 1 is 1.44 bits per heavy atom. The van der Waals surface area contributed by atoms with Gasteiger partial charge in [0.25, 0.3) is 5.89 Å². The van der Waals surface area contributed by atoms with Crippen LogP contribution in [-0.2, 0) is 0 Å². The molecular formula is C13H12N4O. The van der Waals surface area contributed by atoms with Crippen LogP contribution in [0, 0.1) is 17.2 Å². The third kappa shape index (κ3) is 1.98. The normalized spacial score (nSPS) is 16.2. The van der Waals surface area contributed by atoms with Crippen LogP contribution in [0.5, 0.6) is 0 Å². The number of nitriles is 1. The minimum Gasteiger partial charge on any atom is -0.334 e. The van der Waals surface area contributed by atoms with E-state index in [1.54, 1.807) is 18.2 Å². The number of rotatable bonds is 3. The summed E-state index contributed by atoms with van der Waals surface area (Å²) in [7, 11) is 0. The highest BCUT2D eigenvalue weighted by Crippen LogP contribution is 2.38. The minimum absolute atomic E-state index is 0.137. The number of aromatic nitrogens is 2. The molecule has 5 nitrogen and oxygen atoms in total. The monoisotopic (exact) mass is 240 g/mol. The molecule has 1 atom stereocenters. The molecule has 0 bridgehead atoms. The summed E-state index contributed by atoms with van der Waals surface area (Å²) in [6, 6.07) is 9.02. The van der Waals surface area contributed by atoms with Gasteiger partial charge in [-0.25, -0.2) is 0 Å². The molecule has 90 valence electrons. The quantitative estimate of drug-likeness (QED) is 0.886. The van der Waals surface area contributed by atoms with Crippen molar-refractivity contribution < 1.29 is 4.52 Å². The molecule has 0 radical (unpaired) electrons. The predicted octanol–water partition coefficient (Wildman–Crippen LogP) is 2.02. The van der Waals surface area contributed by atoms with Crippen LogP contribution in [0.25, 0.3) is 11.5 Å². The lowest BCUT2D eigenvalue weighted by Crippen LogP contribution is -2.13. The van der Waals surface area contributed by atoms with Crippen molar-refractivity contribution in [2.24, 2.45) is 11.7 Å². The van der Waals surface area contributed by atoms with Gasteiger partial charge < -0.3 is 10.3 Å². The number of hydrogen-bond acceptors (Lipinski definition) is 5. The molecule has 0 aliphatic heterocycles. The molecule has 1 aromatic carbocycles. The second-order valence-corrected chi connectivity index (χ2v) is 4.51. The highest BCUT2D eigenvalue weighted by molar-refractivity contribution is 5.56. The van der Waals surface area contributed by atoms with Crippen LogP contribution in [0.15, 0.2) is 28.8 Å². The van der Waals surface area contributed by atoms with Crippen molar-refractivity contribution in [3.63, 3.8) is 0 Å². The van der Waals surface area contributed by atoms with Gasteiger partial charge in [-0.3, -0.25) is 0 Å². The first-order valence-electron chi connectivity index (χ1n) is 5.87. The molecule has 2 N–H and O–H groups in total. The Morgan fingerprint density at radius 2 is 2.28 bits per heavy atom. The van der Waals surface area contributed by atoms with E-state index in [-0.39, 0.29) is 6.04 Å². The fraction of sp³-hybridized carbons (Fsp3) is 0.308. The lowest BCUT2D eigenvalue weighted by atomic mass is 10.1. The molecule has 1 aliphatic rings. The molecule has 1 aliphatic carbocycles. The van der Waals surface area contributed by atoms with Gasteiger partial charge >= 0.3 is 0 Å². The van der Waals surface area contributed by atoms with Crippen LogP contribution in [0.3, 0.4) is 0 Å². The van der Waals surface area contributed by atoms with Gasteiger partial charge in [0.1, 0.15) is 0 Å². The summed E-state index contributed by atoms with van der Waals surface area (Å²) in [5.74, 6) is 1.45. The van der Waals surface area contributed by atoms with Gasteiger partial charge in [-0.2, -0.15) is 10.2 Å². The van der Waals surface area contributed by atoms with E-state index in [9.17, 15) is 0 Å². The van der Waals surface area contributed by atoms with Gasteiger partial charge in [-0.15, -0.1) is 0 Å². The fourth-order valence-corrected chi connectivity index (χ4v) is 1.88. The van der Waals surface area contributed by atoms with Crippen molar-refractivity contribution >= 4 is 0 Å². The Morgan fingerprint density at radius 3 is 3.00 bits per heavy atom. The van der Waals surface area contributed by atoms with Crippen molar-refractivity contribution in [1.29, 1.82) is 5.26 Å². The van der Waals surface area contributed by atoms with Crippen LogP contribution in [0.2, 0.25) is 0 Å². The first kappa shape index (κ1) is 10.9. The van der Waals surface area contributed by atoms with E-state index in [0.29, 0.717) is 23.2 Å². The van der Waals surface area contributed by atoms with Gasteiger partial charge in [0.2, 0.25) is 0 Å². The zero-order chi connectivity index (χ0) is 12.5. The number of nitrogens with zero attached hydrogens (tertiary/aromatic N) is 3. The molecule has 2 aromatic rings. The van der Waals surface area contributed by atoms with Crippen LogP contribution in [0.4, 0.5) is 0 Å². The summed E-state index contributed by atoms with van der Waals surface area (Å²) in [5.41, 5.74) is 7.32. The molecule has 1 fully saturated rings. The number of benzene rings is 1. The van der Waals surface area contributed by atoms with E-state index >= 15 is 0 Å². The lowest BCUT2D eigenvalue weighted by Gasteiger charge is -2.01. The van der Waals surface area contributed by atoms with E-state index in [4.69, 9.17) is 15.5 Å². The standard InChI is InChI=1S/C13H12N4O/c14-7-8-2-1-3-10(6-8)13-16-12(17-18-13)11(15)9-4-5-9/h1-3,6,9,11H,4-5,15H2. The van der Waals surface area contributed by atoms with Crippen LogP contribution in [0.1, 0.15) is 30.3 Å².